The molecule has 0 saturated carbocycles. The molecule has 1 aliphatic rings. The number of aromatic nitrogens is 2. The Bertz CT molecular complexity index is 716. The fourth-order valence-corrected chi connectivity index (χ4v) is 2.82. The second kappa shape index (κ2) is 6.08. The lowest BCUT2D eigenvalue weighted by Crippen LogP contribution is -2.43. The van der Waals surface area contributed by atoms with Gasteiger partial charge in [0.15, 0.2) is 0 Å². The zero-order chi connectivity index (χ0) is 16.4. The van der Waals surface area contributed by atoms with Crippen LogP contribution in [0.2, 0.25) is 0 Å². The highest BCUT2D eigenvalue weighted by Crippen LogP contribution is 2.24. The standard InChI is InChI=1S/C18H21N4O/c1-13-14(5-4-10-20-13)17(23)15-6-3-7-16(21-15)22-11-8-18(2,19)9-12-22/h3-7,10,19H,8-9,11-12H2,1-2H3. The summed E-state index contributed by atoms with van der Waals surface area (Å²) in [6.07, 6.45) is 3.31. The Balaban J connectivity index is 1.83. The molecule has 5 heteroatoms. The Morgan fingerprint density at radius 1 is 1.22 bits per heavy atom. The minimum Gasteiger partial charge on any atom is -0.356 e. The number of nitrogens with one attached hydrogen (secondary N) is 1. The van der Waals surface area contributed by atoms with Crippen LogP contribution in [0.15, 0.2) is 36.5 Å². The number of hydrogen-bond acceptors (Lipinski definition) is 4. The van der Waals surface area contributed by atoms with Gasteiger partial charge in [0.2, 0.25) is 5.78 Å². The first-order valence-corrected chi connectivity index (χ1v) is 7.90. The fourth-order valence-electron chi connectivity index (χ4n) is 2.82. The molecule has 0 aromatic carbocycles. The van der Waals surface area contributed by atoms with Crippen molar-refractivity contribution in [1.82, 2.24) is 15.7 Å². The summed E-state index contributed by atoms with van der Waals surface area (Å²) in [5.41, 5.74) is 9.52. The summed E-state index contributed by atoms with van der Waals surface area (Å²) in [5, 5.41) is 0. The third-order valence-electron chi connectivity index (χ3n) is 4.41. The van der Waals surface area contributed by atoms with E-state index < -0.39 is 0 Å². The topological polar surface area (TPSA) is 69.9 Å². The number of rotatable bonds is 3. The van der Waals surface area contributed by atoms with Crippen molar-refractivity contribution in [2.24, 2.45) is 0 Å². The summed E-state index contributed by atoms with van der Waals surface area (Å²) in [6, 6.07) is 9.10. The van der Waals surface area contributed by atoms with Crippen molar-refractivity contribution < 1.29 is 4.79 Å². The van der Waals surface area contributed by atoms with Crippen molar-refractivity contribution >= 4 is 11.6 Å². The summed E-state index contributed by atoms with van der Waals surface area (Å²) >= 11 is 0. The molecular formula is C18H21N4O. The summed E-state index contributed by atoms with van der Waals surface area (Å²) in [7, 11) is 0. The molecule has 119 valence electrons. The van der Waals surface area contributed by atoms with Gasteiger partial charge in [-0.1, -0.05) is 6.07 Å². The molecule has 5 nitrogen and oxygen atoms in total. The Morgan fingerprint density at radius 3 is 2.65 bits per heavy atom. The minimum atomic E-state index is -0.350. The largest absolute Gasteiger partial charge is 0.356 e. The fraction of sp³-hybridized carbons (Fsp3) is 0.389. The molecule has 1 aliphatic heterocycles. The maximum atomic E-state index is 12.7. The summed E-state index contributed by atoms with van der Waals surface area (Å²) in [5.74, 6) is 0.715. The highest BCUT2D eigenvalue weighted by molar-refractivity contribution is 6.08. The summed E-state index contributed by atoms with van der Waals surface area (Å²) in [4.78, 5) is 23.5. The molecule has 0 amide bonds. The quantitative estimate of drug-likeness (QED) is 0.817. The highest BCUT2D eigenvalue weighted by atomic mass is 16.1. The minimum absolute atomic E-state index is 0.0974. The molecule has 1 radical (unpaired) electrons. The van der Waals surface area contributed by atoms with E-state index in [0.717, 1.165) is 31.7 Å². The zero-order valence-electron chi connectivity index (χ0n) is 13.5. The van der Waals surface area contributed by atoms with Crippen LogP contribution in [0.4, 0.5) is 5.82 Å². The number of hydrogen-bond donors (Lipinski definition) is 0. The zero-order valence-corrected chi connectivity index (χ0v) is 13.5. The monoisotopic (exact) mass is 309 g/mol. The van der Waals surface area contributed by atoms with Gasteiger partial charge in [0.1, 0.15) is 11.5 Å². The van der Waals surface area contributed by atoms with Gasteiger partial charge >= 0.3 is 0 Å². The Hall–Kier alpha value is -2.27. The highest BCUT2D eigenvalue weighted by Gasteiger charge is 2.27. The summed E-state index contributed by atoms with van der Waals surface area (Å²) in [6.45, 7) is 5.41. The van der Waals surface area contributed by atoms with E-state index in [0.29, 0.717) is 17.0 Å². The van der Waals surface area contributed by atoms with Crippen LogP contribution >= 0.6 is 0 Å². The van der Waals surface area contributed by atoms with E-state index in [1.54, 1.807) is 24.4 Å². The Labute approximate surface area is 136 Å². The summed E-state index contributed by atoms with van der Waals surface area (Å²) < 4.78 is 0. The first-order valence-electron chi connectivity index (χ1n) is 7.90. The van der Waals surface area contributed by atoms with Gasteiger partial charge < -0.3 is 4.90 Å². The van der Waals surface area contributed by atoms with E-state index >= 15 is 0 Å². The first kappa shape index (κ1) is 15.6. The maximum absolute atomic E-state index is 12.7. The third kappa shape index (κ3) is 3.40. The SMILES string of the molecule is Cc1ncccc1C(=O)c1cccc(N2CCC(C)([NH])CC2)n1. The number of carbonyl (C=O) groups is 1. The van der Waals surface area contributed by atoms with Gasteiger partial charge in [-0.15, -0.1) is 0 Å². The second-order valence-corrected chi connectivity index (χ2v) is 6.39. The lowest BCUT2D eigenvalue weighted by Gasteiger charge is -2.36. The second-order valence-electron chi connectivity index (χ2n) is 6.39. The molecule has 0 bridgehead atoms. The molecular weight excluding hydrogens is 288 g/mol. The van der Waals surface area contributed by atoms with Crippen molar-refractivity contribution in [2.75, 3.05) is 18.0 Å². The first-order chi connectivity index (χ1) is 11.0. The van der Waals surface area contributed by atoms with E-state index in [9.17, 15) is 4.79 Å². The molecule has 0 atom stereocenters. The molecule has 0 aliphatic carbocycles. The van der Waals surface area contributed by atoms with Crippen molar-refractivity contribution in [1.29, 1.82) is 0 Å². The van der Waals surface area contributed by atoms with Gasteiger partial charge in [0.25, 0.3) is 0 Å². The van der Waals surface area contributed by atoms with Gasteiger partial charge in [-0.25, -0.2) is 4.98 Å². The van der Waals surface area contributed by atoms with E-state index in [1.165, 1.54) is 0 Å². The van der Waals surface area contributed by atoms with Gasteiger partial charge in [-0.3, -0.25) is 15.5 Å². The van der Waals surface area contributed by atoms with Gasteiger partial charge in [0.05, 0.1) is 0 Å². The number of ketones is 1. The van der Waals surface area contributed by atoms with Gasteiger partial charge in [0, 0.05) is 36.1 Å². The predicted octanol–water partition coefficient (Wildman–Crippen LogP) is 2.66. The molecule has 1 N–H and O–H groups in total. The average Bonchev–Trinajstić information content (AvgIpc) is 2.55. The van der Waals surface area contributed by atoms with Crippen molar-refractivity contribution in [3.05, 3.63) is 53.5 Å². The lowest BCUT2D eigenvalue weighted by molar-refractivity contribution is 0.103. The molecule has 3 rings (SSSR count). The molecule has 2 aromatic rings. The maximum Gasteiger partial charge on any atom is 0.213 e. The van der Waals surface area contributed by atoms with Crippen molar-refractivity contribution in [3.63, 3.8) is 0 Å². The van der Waals surface area contributed by atoms with Crippen LogP contribution in [0.5, 0.6) is 0 Å². The van der Waals surface area contributed by atoms with Crippen LogP contribution < -0.4 is 10.6 Å². The Kier molecular flexibility index (Phi) is 4.13. The van der Waals surface area contributed by atoms with E-state index in [2.05, 4.69) is 14.9 Å². The smallest absolute Gasteiger partial charge is 0.213 e. The lowest BCUT2D eigenvalue weighted by atomic mass is 9.91. The van der Waals surface area contributed by atoms with Crippen LogP contribution in [0, 0.1) is 6.92 Å². The third-order valence-corrected chi connectivity index (χ3v) is 4.41. The number of anilines is 1. The number of piperidine rings is 1. The normalized spacial score (nSPS) is 17.1. The van der Waals surface area contributed by atoms with Gasteiger partial charge in [-0.2, -0.15) is 0 Å². The van der Waals surface area contributed by atoms with E-state index in [1.807, 2.05) is 26.0 Å². The van der Waals surface area contributed by atoms with Crippen LogP contribution in [-0.2, 0) is 0 Å². The molecule has 0 unspecified atom stereocenters. The number of aryl methyl sites for hydroxylation is 1. The van der Waals surface area contributed by atoms with Crippen molar-refractivity contribution in [2.45, 2.75) is 32.2 Å². The van der Waals surface area contributed by atoms with Crippen LogP contribution in [0.1, 0.15) is 41.5 Å². The van der Waals surface area contributed by atoms with Crippen LogP contribution in [-0.4, -0.2) is 34.4 Å². The van der Waals surface area contributed by atoms with Crippen LogP contribution in [0.25, 0.3) is 0 Å². The molecule has 23 heavy (non-hydrogen) atoms. The van der Waals surface area contributed by atoms with Crippen LogP contribution in [0.3, 0.4) is 0 Å². The van der Waals surface area contributed by atoms with E-state index in [-0.39, 0.29) is 11.3 Å². The molecule has 3 heterocycles. The van der Waals surface area contributed by atoms with E-state index in [4.69, 9.17) is 5.73 Å². The molecule has 2 aromatic heterocycles. The molecule has 1 fully saturated rings. The van der Waals surface area contributed by atoms with Crippen molar-refractivity contribution in [3.8, 4) is 0 Å². The number of nitrogens with zero attached hydrogens (tertiary/aromatic N) is 3. The average molecular weight is 309 g/mol. The van der Waals surface area contributed by atoms with Gasteiger partial charge in [-0.05, 0) is 51.0 Å². The number of carbonyl (C=O) groups excluding carboxylic acids is 1. The molecule has 1 saturated heterocycles. The predicted molar refractivity (Wildman–Crippen MR) is 89.6 cm³/mol. The Morgan fingerprint density at radius 2 is 1.96 bits per heavy atom. The molecule has 0 spiro atoms. The number of pyridine rings is 2.